The fourth-order valence-electron chi connectivity index (χ4n) is 2.52. The number of aryl methyl sites for hydroxylation is 1. The Labute approximate surface area is 123 Å². The number of aliphatic hydroxyl groups is 1. The van der Waals surface area contributed by atoms with E-state index in [0.29, 0.717) is 24.3 Å². The average Bonchev–Trinajstić information content (AvgIpc) is 2.89. The van der Waals surface area contributed by atoms with Gasteiger partial charge >= 0.3 is 0 Å². The number of nitrogens with one attached hydrogen (secondary N) is 1. The molecular weight excluding hydrogens is 270 g/mol. The maximum Gasteiger partial charge on any atom is 0.136 e. The molecular formula is C16H21NO2S. The summed E-state index contributed by atoms with van der Waals surface area (Å²) in [6.45, 7) is 4.20. The van der Waals surface area contributed by atoms with Crippen LogP contribution in [0.5, 0.6) is 0 Å². The third-order valence-electron chi connectivity index (χ3n) is 3.88. The Kier molecular flexibility index (Phi) is 3.71. The van der Waals surface area contributed by atoms with E-state index in [9.17, 15) is 5.11 Å². The van der Waals surface area contributed by atoms with E-state index in [0.717, 1.165) is 5.76 Å². The minimum absolute atomic E-state index is 0.359. The molecule has 0 amide bonds. The summed E-state index contributed by atoms with van der Waals surface area (Å²) in [7, 11) is 0. The second kappa shape index (κ2) is 5.35. The molecule has 4 heteroatoms. The Morgan fingerprint density at radius 2 is 2.25 bits per heavy atom. The molecule has 1 aliphatic carbocycles. The predicted octanol–water partition coefficient (Wildman–Crippen LogP) is 3.60. The van der Waals surface area contributed by atoms with E-state index in [4.69, 9.17) is 4.42 Å². The molecule has 2 heterocycles. The molecule has 2 aromatic rings. The van der Waals surface area contributed by atoms with Gasteiger partial charge in [0.25, 0.3) is 0 Å². The van der Waals surface area contributed by atoms with E-state index < -0.39 is 5.60 Å². The van der Waals surface area contributed by atoms with E-state index >= 15 is 0 Å². The van der Waals surface area contributed by atoms with Gasteiger partial charge in [-0.3, -0.25) is 0 Å². The van der Waals surface area contributed by atoms with E-state index in [2.05, 4.69) is 22.8 Å². The molecule has 0 bridgehead atoms. The van der Waals surface area contributed by atoms with Gasteiger partial charge in [0.1, 0.15) is 17.1 Å². The predicted molar refractivity (Wildman–Crippen MR) is 80.8 cm³/mol. The lowest BCUT2D eigenvalue weighted by molar-refractivity contribution is 0.0301. The van der Waals surface area contributed by atoms with Crippen molar-refractivity contribution in [2.75, 3.05) is 6.54 Å². The van der Waals surface area contributed by atoms with Crippen LogP contribution in [0, 0.1) is 12.8 Å². The molecule has 0 aliphatic heterocycles. The number of hydrogen-bond donors (Lipinski definition) is 2. The molecule has 1 fully saturated rings. The molecule has 0 saturated heterocycles. The van der Waals surface area contributed by atoms with Crippen LogP contribution in [0.4, 0.5) is 0 Å². The number of rotatable bonds is 6. The number of furan rings is 1. The highest BCUT2D eigenvalue weighted by Crippen LogP contribution is 2.42. The zero-order chi connectivity index (χ0) is 14.2. The van der Waals surface area contributed by atoms with Crippen LogP contribution >= 0.6 is 11.3 Å². The average molecular weight is 291 g/mol. The van der Waals surface area contributed by atoms with Crippen LogP contribution in [0.25, 0.3) is 0 Å². The molecule has 2 atom stereocenters. The van der Waals surface area contributed by atoms with Gasteiger partial charge in [-0.05, 0) is 56.2 Å². The summed E-state index contributed by atoms with van der Waals surface area (Å²) < 4.78 is 5.56. The minimum atomic E-state index is -0.974. The third kappa shape index (κ3) is 2.97. The molecule has 2 aromatic heterocycles. The van der Waals surface area contributed by atoms with Gasteiger partial charge in [0.2, 0.25) is 0 Å². The van der Waals surface area contributed by atoms with Crippen LogP contribution in [-0.2, 0) is 5.60 Å². The fourth-order valence-corrected chi connectivity index (χ4v) is 3.41. The summed E-state index contributed by atoms with van der Waals surface area (Å²) in [5.74, 6) is 2.17. The van der Waals surface area contributed by atoms with Gasteiger partial charge in [0, 0.05) is 17.5 Å². The summed E-state index contributed by atoms with van der Waals surface area (Å²) in [5, 5.41) is 16.2. The van der Waals surface area contributed by atoms with Crippen molar-refractivity contribution in [1.82, 2.24) is 5.32 Å². The van der Waals surface area contributed by atoms with Gasteiger partial charge in [-0.15, -0.1) is 11.3 Å². The van der Waals surface area contributed by atoms with Crippen LogP contribution in [0.1, 0.15) is 42.2 Å². The SMILES string of the molecule is Cc1ccc(C(C)(O)CNC(c2cccs2)C2CC2)o1. The maximum absolute atomic E-state index is 10.6. The minimum Gasteiger partial charge on any atom is -0.463 e. The van der Waals surface area contributed by atoms with Crippen molar-refractivity contribution in [2.45, 2.75) is 38.3 Å². The smallest absolute Gasteiger partial charge is 0.136 e. The van der Waals surface area contributed by atoms with Crippen LogP contribution in [0.15, 0.2) is 34.1 Å². The Balaban J connectivity index is 1.68. The van der Waals surface area contributed by atoms with Gasteiger partial charge in [0.15, 0.2) is 0 Å². The quantitative estimate of drug-likeness (QED) is 0.855. The third-order valence-corrected chi connectivity index (χ3v) is 4.84. The van der Waals surface area contributed by atoms with Gasteiger partial charge < -0.3 is 14.8 Å². The molecule has 20 heavy (non-hydrogen) atoms. The lowest BCUT2D eigenvalue weighted by atomic mass is 10.0. The molecule has 0 spiro atoms. The molecule has 2 unspecified atom stereocenters. The second-order valence-electron chi connectivity index (χ2n) is 5.90. The van der Waals surface area contributed by atoms with Crippen molar-refractivity contribution in [3.8, 4) is 0 Å². The molecule has 0 radical (unpaired) electrons. The van der Waals surface area contributed by atoms with E-state index in [-0.39, 0.29) is 0 Å². The molecule has 2 N–H and O–H groups in total. The van der Waals surface area contributed by atoms with Crippen molar-refractivity contribution in [2.24, 2.45) is 5.92 Å². The summed E-state index contributed by atoms with van der Waals surface area (Å²) in [6.07, 6.45) is 2.55. The monoisotopic (exact) mass is 291 g/mol. The van der Waals surface area contributed by atoms with E-state index in [1.54, 1.807) is 18.3 Å². The molecule has 0 aromatic carbocycles. The van der Waals surface area contributed by atoms with Crippen molar-refractivity contribution in [3.05, 3.63) is 46.0 Å². The summed E-state index contributed by atoms with van der Waals surface area (Å²) in [4.78, 5) is 1.36. The molecule has 1 saturated carbocycles. The van der Waals surface area contributed by atoms with Gasteiger partial charge in [0.05, 0.1) is 0 Å². The zero-order valence-electron chi connectivity index (χ0n) is 11.9. The lowest BCUT2D eigenvalue weighted by Crippen LogP contribution is -2.37. The summed E-state index contributed by atoms with van der Waals surface area (Å²) in [6, 6.07) is 8.37. The standard InChI is InChI=1S/C16H21NO2S/c1-11-5-8-14(19-11)16(2,18)10-17-15(12-6-7-12)13-4-3-9-20-13/h3-5,8-9,12,15,17-18H,6-7,10H2,1-2H3. The van der Waals surface area contributed by atoms with Crippen LogP contribution < -0.4 is 5.32 Å². The number of hydrogen-bond acceptors (Lipinski definition) is 4. The molecule has 3 nitrogen and oxygen atoms in total. The summed E-state index contributed by atoms with van der Waals surface area (Å²) >= 11 is 1.78. The second-order valence-corrected chi connectivity index (χ2v) is 6.87. The van der Waals surface area contributed by atoms with E-state index in [1.165, 1.54) is 17.7 Å². The number of thiophene rings is 1. The highest BCUT2D eigenvalue weighted by Gasteiger charge is 2.35. The Bertz CT molecular complexity index is 555. The topological polar surface area (TPSA) is 45.4 Å². The van der Waals surface area contributed by atoms with Gasteiger partial charge in [-0.1, -0.05) is 6.07 Å². The zero-order valence-corrected chi connectivity index (χ0v) is 12.7. The first kappa shape index (κ1) is 13.9. The normalized spacial score (nSPS) is 19.8. The Morgan fingerprint density at radius 1 is 1.45 bits per heavy atom. The highest BCUT2D eigenvalue weighted by molar-refractivity contribution is 7.10. The van der Waals surface area contributed by atoms with Gasteiger partial charge in [-0.25, -0.2) is 0 Å². The van der Waals surface area contributed by atoms with Crippen LogP contribution in [0.3, 0.4) is 0 Å². The van der Waals surface area contributed by atoms with Crippen molar-refractivity contribution < 1.29 is 9.52 Å². The van der Waals surface area contributed by atoms with Crippen molar-refractivity contribution >= 4 is 11.3 Å². The lowest BCUT2D eigenvalue weighted by Gasteiger charge is -2.25. The van der Waals surface area contributed by atoms with Crippen molar-refractivity contribution in [1.29, 1.82) is 0 Å². The Morgan fingerprint density at radius 3 is 2.80 bits per heavy atom. The molecule has 1 aliphatic rings. The fraction of sp³-hybridized carbons (Fsp3) is 0.500. The highest BCUT2D eigenvalue weighted by atomic mass is 32.1. The van der Waals surface area contributed by atoms with Gasteiger partial charge in [-0.2, -0.15) is 0 Å². The first-order valence-corrected chi connectivity index (χ1v) is 8.00. The van der Waals surface area contributed by atoms with Crippen LogP contribution in [-0.4, -0.2) is 11.7 Å². The first-order valence-electron chi connectivity index (χ1n) is 7.12. The first-order chi connectivity index (χ1) is 9.56. The Hall–Kier alpha value is -1.10. The summed E-state index contributed by atoms with van der Waals surface area (Å²) in [5.41, 5.74) is -0.974. The van der Waals surface area contributed by atoms with Crippen molar-refractivity contribution in [3.63, 3.8) is 0 Å². The molecule has 108 valence electrons. The molecule has 3 rings (SSSR count). The maximum atomic E-state index is 10.6. The van der Waals surface area contributed by atoms with Crippen LogP contribution in [0.2, 0.25) is 0 Å². The van der Waals surface area contributed by atoms with E-state index in [1.807, 2.05) is 19.1 Å². The largest absolute Gasteiger partial charge is 0.463 e.